The molecule has 0 bridgehead atoms. The molecule has 2 heterocycles. The lowest BCUT2D eigenvalue weighted by molar-refractivity contribution is 0.761. The number of thiazole rings is 1. The lowest BCUT2D eigenvalue weighted by atomic mass is 10.4. The average molecular weight is 288 g/mol. The number of hydrogen-bond donors (Lipinski definition) is 0. The van der Waals surface area contributed by atoms with Crippen molar-refractivity contribution in [1.29, 1.82) is 0 Å². The molecule has 0 unspecified atom stereocenters. The topological polar surface area (TPSA) is 30.7 Å². The van der Waals surface area contributed by atoms with Gasteiger partial charge in [-0.05, 0) is 13.8 Å². The van der Waals surface area contributed by atoms with Gasteiger partial charge in [0.2, 0.25) is 0 Å². The van der Waals surface area contributed by atoms with Gasteiger partial charge in [0.25, 0.3) is 0 Å². The van der Waals surface area contributed by atoms with Crippen LogP contribution in [0.2, 0.25) is 0 Å². The Morgan fingerprint density at radius 1 is 1.47 bits per heavy atom. The van der Waals surface area contributed by atoms with E-state index in [1.165, 1.54) is 4.88 Å². The van der Waals surface area contributed by atoms with Crippen molar-refractivity contribution in [3.8, 4) is 0 Å². The van der Waals surface area contributed by atoms with Crippen LogP contribution < -0.4 is 0 Å². The van der Waals surface area contributed by atoms with E-state index >= 15 is 0 Å². The normalized spacial score (nSPS) is 11.1. The molecule has 17 heavy (non-hydrogen) atoms. The summed E-state index contributed by atoms with van der Waals surface area (Å²) in [5.41, 5.74) is 2.17. The van der Waals surface area contributed by atoms with Crippen molar-refractivity contribution >= 4 is 34.7 Å². The summed E-state index contributed by atoms with van der Waals surface area (Å²) in [6.45, 7) is 4.15. The van der Waals surface area contributed by atoms with Crippen LogP contribution in [0.25, 0.3) is 0 Å². The fraction of sp³-hybridized carbons (Fsp3) is 0.455. The van der Waals surface area contributed by atoms with Crippen LogP contribution in [0.4, 0.5) is 0 Å². The van der Waals surface area contributed by atoms with Gasteiger partial charge < -0.3 is 4.57 Å². The predicted octanol–water partition coefficient (Wildman–Crippen LogP) is 3.52. The van der Waals surface area contributed by atoms with Crippen molar-refractivity contribution < 1.29 is 0 Å². The van der Waals surface area contributed by atoms with Crippen LogP contribution in [0.3, 0.4) is 0 Å². The molecule has 0 aliphatic rings. The number of alkyl halides is 1. The summed E-state index contributed by atoms with van der Waals surface area (Å²) in [6.07, 6.45) is 1.83. The summed E-state index contributed by atoms with van der Waals surface area (Å²) < 4.78 is 2.03. The molecule has 0 spiro atoms. The molecule has 0 N–H and O–H groups in total. The molecule has 0 radical (unpaired) electrons. The van der Waals surface area contributed by atoms with E-state index in [1.807, 2.05) is 24.7 Å². The molecule has 0 amide bonds. The minimum atomic E-state index is 0.500. The summed E-state index contributed by atoms with van der Waals surface area (Å²) in [5, 5.41) is 2.14. The van der Waals surface area contributed by atoms with Gasteiger partial charge in [0.05, 0.1) is 29.2 Å². The number of halogens is 1. The molecule has 0 saturated carbocycles. The average Bonchev–Trinajstić information content (AvgIpc) is 2.81. The summed E-state index contributed by atoms with van der Waals surface area (Å²) >= 11 is 9.26. The number of nitrogens with zero attached hydrogens (tertiary/aromatic N) is 3. The van der Waals surface area contributed by atoms with Crippen molar-refractivity contribution in [2.24, 2.45) is 7.05 Å². The Balaban J connectivity index is 2.04. The summed E-state index contributed by atoms with van der Waals surface area (Å²) in [6, 6.07) is 0. The summed E-state index contributed by atoms with van der Waals surface area (Å²) in [5.74, 6) is 1.37. The van der Waals surface area contributed by atoms with Gasteiger partial charge in [-0.3, -0.25) is 0 Å². The van der Waals surface area contributed by atoms with Gasteiger partial charge in [0.15, 0.2) is 5.16 Å². The summed E-state index contributed by atoms with van der Waals surface area (Å²) in [4.78, 5) is 10.2. The van der Waals surface area contributed by atoms with Crippen LogP contribution in [0.1, 0.15) is 21.3 Å². The molecule has 0 aliphatic heterocycles. The lowest BCUT2D eigenvalue weighted by Gasteiger charge is -2.01. The predicted molar refractivity (Wildman–Crippen MR) is 73.9 cm³/mol. The van der Waals surface area contributed by atoms with E-state index in [0.717, 1.165) is 27.3 Å². The molecular weight excluding hydrogens is 274 g/mol. The van der Waals surface area contributed by atoms with Gasteiger partial charge in [-0.15, -0.1) is 22.9 Å². The smallest absolute Gasteiger partial charge is 0.168 e. The second kappa shape index (κ2) is 5.42. The third-order valence-electron chi connectivity index (χ3n) is 2.58. The number of rotatable bonds is 4. The SMILES string of the molecule is Cc1nc(CSc2ncc(CCl)n2C)sc1C. The highest BCUT2D eigenvalue weighted by Gasteiger charge is 2.09. The first kappa shape index (κ1) is 12.9. The number of aryl methyl sites for hydroxylation is 2. The van der Waals surface area contributed by atoms with Crippen LogP contribution in [-0.4, -0.2) is 14.5 Å². The van der Waals surface area contributed by atoms with Crippen LogP contribution in [-0.2, 0) is 18.7 Å². The highest BCUT2D eigenvalue weighted by Crippen LogP contribution is 2.26. The molecule has 2 rings (SSSR count). The summed E-state index contributed by atoms with van der Waals surface area (Å²) in [7, 11) is 1.99. The Hall–Kier alpha value is -0.520. The van der Waals surface area contributed by atoms with E-state index in [4.69, 9.17) is 11.6 Å². The maximum absolute atomic E-state index is 5.81. The molecule has 92 valence electrons. The third-order valence-corrected chi connectivity index (χ3v) is 5.16. The van der Waals surface area contributed by atoms with E-state index in [9.17, 15) is 0 Å². The fourth-order valence-corrected chi connectivity index (χ4v) is 3.56. The van der Waals surface area contributed by atoms with E-state index in [-0.39, 0.29) is 0 Å². The largest absolute Gasteiger partial charge is 0.325 e. The van der Waals surface area contributed by atoms with Gasteiger partial charge in [0, 0.05) is 11.9 Å². The second-order valence-corrected chi connectivity index (χ2v) is 6.26. The van der Waals surface area contributed by atoms with Gasteiger partial charge in [0.1, 0.15) is 5.01 Å². The Bertz CT molecular complexity index is 499. The molecular formula is C11H14ClN3S2. The fourth-order valence-electron chi connectivity index (χ4n) is 1.41. The van der Waals surface area contributed by atoms with Crippen molar-refractivity contribution in [2.75, 3.05) is 0 Å². The van der Waals surface area contributed by atoms with E-state index in [0.29, 0.717) is 5.88 Å². The highest BCUT2D eigenvalue weighted by atomic mass is 35.5. The van der Waals surface area contributed by atoms with Gasteiger partial charge in [-0.25, -0.2) is 9.97 Å². The molecule has 0 atom stereocenters. The van der Waals surface area contributed by atoms with Gasteiger partial charge >= 0.3 is 0 Å². The van der Waals surface area contributed by atoms with E-state index in [2.05, 4.69) is 16.9 Å². The third kappa shape index (κ3) is 2.84. The van der Waals surface area contributed by atoms with Crippen LogP contribution in [0.5, 0.6) is 0 Å². The molecule has 0 aliphatic carbocycles. The first-order valence-electron chi connectivity index (χ1n) is 5.24. The van der Waals surface area contributed by atoms with Gasteiger partial charge in [-0.2, -0.15) is 0 Å². The molecule has 0 aromatic carbocycles. The quantitative estimate of drug-likeness (QED) is 0.637. The van der Waals surface area contributed by atoms with Crippen LogP contribution >= 0.6 is 34.7 Å². The first-order valence-corrected chi connectivity index (χ1v) is 7.57. The molecule has 2 aromatic heterocycles. The van der Waals surface area contributed by atoms with Crippen LogP contribution in [0.15, 0.2) is 11.4 Å². The van der Waals surface area contributed by atoms with E-state index < -0.39 is 0 Å². The van der Waals surface area contributed by atoms with Crippen molar-refractivity contribution in [2.45, 2.75) is 30.6 Å². The van der Waals surface area contributed by atoms with E-state index in [1.54, 1.807) is 23.1 Å². The maximum Gasteiger partial charge on any atom is 0.168 e. The molecule has 3 nitrogen and oxygen atoms in total. The number of thioether (sulfide) groups is 1. The van der Waals surface area contributed by atoms with Gasteiger partial charge in [-0.1, -0.05) is 11.8 Å². The Labute approximate surface area is 114 Å². The first-order chi connectivity index (χ1) is 8.11. The van der Waals surface area contributed by atoms with Crippen molar-refractivity contribution in [3.05, 3.63) is 27.5 Å². The van der Waals surface area contributed by atoms with Crippen LogP contribution in [0, 0.1) is 13.8 Å². The Morgan fingerprint density at radius 2 is 2.24 bits per heavy atom. The molecule has 2 aromatic rings. The minimum absolute atomic E-state index is 0.500. The number of imidazole rings is 1. The lowest BCUT2D eigenvalue weighted by Crippen LogP contribution is -1.95. The molecule has 0 saturated heterocycles. The maximum atomic E-state index is 5.81. The molecule has 6 heteroatoms. The Morgan fingerprint density at radius 3 is 2.76 bits per heavy atom. The highest BCUT2D eigenvalue weighted by molar-refractivity contribution is 7.98. The van der Waals surface area contributed by atoms with Crippen molar-refractivity contribution in [1.82, 2.24) is 14.5 Å². The standard InChI is InChI=1S/C11H14ClN3S2/c1-7-8(2)17-10(14-7)6-16-11-13-5-9(4-12)15(11)3/h5H,4,6H2,1-3H3. The number of hydrogen-bond acceptors (Lipinski definition) is 4. The zero-order valence-electron chi connectivity index (χ0n) is 10.0. The zero-order chi connectivity index (χ0) is 12.4. The monoisotopic (exact) mass is 287 g/mol. The van der Waals surface area contributed by atoms with Crippen molar-refractivity contribution in [3.63, 3.8) is 0 Å². The number of aromatic nitrogens is 3. The Kier molecular flexibility index (Phi) is 4.12. The second-order valence-electron chi connectivity index (χ2n) is 3.76. The zero-order valence-corrected chi connectivity index (χ0v) is 12.4. The molecule has 0 fully saturated rings. The minimum Gasteiger partial charge on any atom is -0.325 e.